The molecule has 0 aromatic rings. The summed E-state index contributed by atoms with van der Waals surface area (Å²) in [5.74, 6) is -1.59. The molecule has 10 heteroatoms. The van der Waals surface area contributed by atoms with Crippen LogP contribution in [0.2, 0.25) is 0 Å². The maximum atomic E-state index is 12.0. The average molecular weight is 390 g/mol. The molecule has 2 fully saturated rings. The van der Waals surface area contributed by atoms with Crippen LogP contribution in [0.4, 0.5) is 0 Å². The van der Waals surface area contributed by atoms with E-state index in [2.05, 4.69) is 0 Å². The summed E-state index contributed by atoms with van der Waals surface area (Å²) in [5, 5.41) is 49.9. The minimum absolute atomic E-state index is 0.286. The first-order valence-electron chi connectivity index (χ1n) is 8.83. The molecule has 1 saturated carbocycles. The number of carbonyl (C=O) groups is 1. The van der Waals surface area contributed by atoms with Gasteiger partial charge in [0, 0.05) is 5.92 Å². The van der Waals surface area contributed by atoms with Gasteiger partial charge in [-0.3, -0.25) is 0 Å². The molecule has 10 nitrogen and oxygen atoms in total. The van der Waals surface area contributed by atoms with E-state index in [1.165, 1.54) is 13.4 Å². The van der Waals surface area contributed by atoms with E-state index in [4.69, 9.17) is 18.9 Å². The van der Waals surface area contributed by atoms with Gasteiger partial charge in [-0.25, -0.2) is 4.79 Å². The Kier molecular flexibility index (Phi) is 5.78. The molecule has 154 valence electrons. The van der Waals surface area contributed by atoms with E-state index in [0.717, 1.165) is 0 Å². The zero-order chi connectivity index (χ0) is 19.9. The molecular formula is C17H26O10. The van der Waals surface area contributed by atoms with Gasteiger partial charge in [0.05, 0.1) is 37.1 Å². The van der Waals surface area contributed by atoms with Crippen molar-refractivity contribution in [3.8, 4) is 0 Å². The Bertz CT molecular complexity index is 588. The minimum Gasteiger partial charge on any atom is -0.471 e. The monoisotopic (exact) mass is 390 g/mol. The predicted octanol–water partition coefficient (Wildman–Crippen LogP) is -2.01. The fourth-order valence-corrected chi connectivity index (χ4v) is 4.12. The van der Waals surface area contributed by atoms with E-state index in [1.54, 1.807) is 6.92 Å². The number of carbonyl (C=O) groups excluding carboxylic acids is 1. The van der Waals surface area contributed by atoms with Crippen molar-refractivity contribution in [3.05, 3.63) is 11.8 Å². The number of aliphatic hydroxyl groups is 5. The summed E-state index contributed by atoms with van der Waals surface area (Å²) in [6.45, 7) is 1.01. The van der Waals surface area contributed by atoms with E-state index < -0.39 is 61.1 Å². The molecule has 5 N–H and O–H groups in total. The number of rotatable bonds is 4. The number of esters is 1. The number of hydrogen-bond donors (Lipinski definition) is 5. The Morgan fingerprint density at radius 1 is 1.26 bits per heavy atom. The number of hydrogen-bond acceptors (Lipinski definition) is 10. The summed E-state index contributed by atoms with van der Waals surface area (Å²) in [6.07, 6.45) is -6.19. The summed E-state index contributed by atoms with van der Waals surface area (Å²) < 4.78 is 21.3. The molecule has 3 rings (SSSR count). The topological polar surface area (TPSA) is 155 Å². The molecule has 27 heavy (non-hydrogen) atoms. The fourth-order valence-electron chi connectivity index (χ4n) is 4.12. The Labute approximate surface area is 155 Å². The first-order chi connectivity index (χ1) is 12.7. The number of aliphatic hydroxyl groups excluding tert-OH is 4. The zero-order valence-corrected chi connectivity index (χ0v) is 15.1. The van der Waals surface area contributed by atoms with Gasteiger partial charge in [0.1, 0.15) is 24.4 Å². The van der Waals surface area contributed by atoms with Gasteiger partial charge in [0.25, 0.3) is 0 Å². The molecule has 2 aliphatic heterocycles. The van der Waals surface area contributed by atoms with Gasteiger partial charge < -0.3 is 44.5 Å². The summed E-state index contributed by atoms with van der Waals surface area (Å²) in [4.78, 5) is 12.0. The summed E-state index contributed by atoms with van der Waals surface area (Å²) >= 11 is 0. The normalized spacial score (nSPS) is 47.0. The number of ether oxygens (including phenoxy) is 4. The zero-order valence-electron chi connectivity index (χ0n) is 15.1. The van der Waals surface area contributed by atoms with Gasteiger partial charge in [0.15, 0.2) is 6.29 Å². The molecule has 2 heterocycles. The molecule has 1 aliphatic carbocycles. The lowest BCUT2D eigenvalue weighted by atomic mass is 9.81. The van der Waals surface area contributed by atoms with Crippen LogP contribution in [0, 0.1) is 11.8 Å². The first kappa shape index (κ1) is 20.5. The highest BCUT2D eigenvalue weighted by molar-refractivity contribution is 5.89. The second kappa shape index (κ2) is 7.63. The maximum Gasteiger partial charge on any atom is 0.337 e. The van der Waals surface area contributed by atoms with Crippen LogP contribution in [0.25, 0.3) is 0 Å². The van der Waals surface area contributed by atoms with Crippen molar-refractivity contribution in [1.82, 2.24) is 0 Å². The molecule has 0 radical (unpaired) electrons. The van der Waals surface area contributed by atoms with E-state index in [1.807, 2.05) is 0 Å². The fraction of sp³-hybridized carbons (Fsp3) is 0.824. The highest BCUT2D eigenvalue weighted by Gasteiger charge is 2.56. The van der Waals surface area contributed by atoms with Crippen molar-refractivity contribution in [1.29, 1.82) is 0 Å². The SMILES string of the molecule is COC(=O)C1=CO[C@@H](O[C@@H]2OC(CO)[C@@H](O)[C@@H](O)[C@@H]2O)C2C1CC[C@]2(C)O. The summed E-state index contributed by atoms with van der Waals surface area (Å²) in [6, 6.07) is 0. The lowest BCUT2D eigenvalue weighted by Crippen LogP contribution is -2.60. The van der Waals surface area contributed by atoms with Crippen LogP contribution in [0.3, 0.4) is 0 Å². The molecular weight excluding hydrogens is 364 g/mol. The van der Waals surface area contributed by atoms with Crippen LogP contribution < -0.4 is 0 Å². The molecule has 0 aromatic carbocycles. The van der Waals surface area contributed by atoms with Crippen molar-refractivity contribution in [2.24, 2.45) is 11.8 Å². The standard InChI is InChI=1S/C17H26O10/c1-17(23)4-3-7-8(14(22)24-2)6-25-15(10(7)17)27-16-13(21)12(20)11(19)9(5-18)26-16/h6-7,9-13,15-16,18-21,23H,3-5H2,1-2H3/t7?,9?,10?,11-,12-,13+,15+,16+,17+/m1/s1. The maximum absolute atomic E-state index is 12.0. The molecule has 3 aliphatic rings. The van der Waals surface area contributed by atoms with Crippen LogP contribution in [-0.4, -0.2) is 87.8 Å². The van der Waals surface area contributed by atoms with Gasteiger partial charge in [-0.15, -0.1) is 0 Å². The number of methoxy groups -OCH3 is 1. The van der Waals surface area contributed by atoms with Gasteiger partial charge in [0.2, 0.25) is 6.29 Å². The molecule has 0 amide bonds. The Hall–Kier alpha value is -1.27. The lowest BCUT2D eigenvalue weighted by molar-refractivity contribution is -0.346. The van der Waals surface area contributed by atoms with E-state index in [0.29, 0.717) is 12.8 Å². The van der Waals surface area contributed by atoms with Crippen molar-refractivity contribution in [2.75, 3.05) is 13.7 Å². The third kappa shape index (κ3) is 3.58. The Morgan fingerprint density at radius 3 is 2.59 bits per heavy atom. The highest BCUT2D eigenvalue weighted by atomic mass is 16.8. The molecule has 1 saturated heterocycles. The van der Waals surface area contributed by atoms with Gasteiger partial charge in [-0.05, 0) is 19.8 Å². The molecule has 0 aromatic heterocycles. The summed E-state index contributed by atoms with van der Waals surface area (Å²) in [5.41, 5.74) is -0.925. The van der Waals surface area contributed by atoms with Crippen LogP contribution in [0.1, 0.15) is 19.8 Å². The van der Waals surface area contributed by atoms with Crippen LogP contribution >= 0.6 is 0 Å². The van der Waals surface area contributed by atoms with E-state index >= 15 is 0 Å². The van der Waals surface area contributed by atoms with Crippen molar-refractivity contribution in [3.63, 3.8) is 0 Å². The molecule has 3 unspecified atom stereocenters. The smallest absolute Gasteiger partial charge is 0.337 e. The Balaban J connectivity index is 1.82. The average Bonchev–Trinajstić information content (AvgIpc) is 2.97. The Morgan fingerprint density at radius 2 is 1.96 bits per heavy atom. The minimum atomic E-state index is -1.60. The largest absolute Gasteiger partial charge is 0.471 e. The van der Waals surface area contributed by atoms with Crippen molar-refractivity contribution >= 4 is 5.97 Å². The van der Waals surface area contributed by atoms with Crippen LogP contribution in [0.5, 0.6) is 0 Å². The second-order valence-electron chi connectivity index (χ2n) is 7.43. The highest BCUT2D eigenvalue weighted by Crippen LogP contribution is 2.49. The van der Waals surface area contributed by atoms with E-state index in [-0.39, 0.29) is 11.5 Å². The quantitative estimate of drug-likeness (QED) is 0.340. The van der Waals surface area contributed by atoms with Crippen LogP contribution in [0.15, 0.2) is 11.8 Å². The van der Waals surface area contributed by atoms with Gasteiger partial charge >= 0.3 is 5.97 Å². The van der Waals surface area contributed by atoms with Gasteiger partial charge in [-0.2, -0.15) is 0 Å². The third-order valence-electron chi connectivity index (χ3n) is 5.67. The second-order valence-corrected chi connectivity index (χ2v) is 7.43. The molecule has 9 atom stereocenters. The third-order valence-corrected chi connectivity index (χ3v) is 5.67. The lowest BCUT2D eigenvalue weighted by Gasteiger charge is -2.44. The van der Waals surface area contributed by atoms with E-state index in [9.17, 15) is 30.3 Å². The molecule has 0 spiro atoms. The molecule has 0 bridgehead atoms. The first-order valence-corrected chi connectivity index (χ1v) is 8.83. The summed E-state index contributed by atoms with van der Waals surface area (Å²) in [7, 11) is 1.25. The van der Waals surface area contributed by atoms with Crippen molar-refractivity contribution < 1.29 is 49.3 Å². The van der Waals surface area contributed by atoms with Crippen LogP contribution in [-0.2, 0) is 23.7 Å². The number of fused-ring (bicyclic) bond motifs is 1. The van der Waals surface area contributed by atoms with Crippen molar-refractivity contribution in [2.45, 2.75) is 62.4 Å². The predicted molar refractivity (Wildman–Crippen MR) is 86.7 cm³/mol. The van der Waals surface area contributed by atoms with Gasteiger partial charge in [-0.1, -0.05) is 0 Å².